The van der Waals surface area contributed by atoms with E-state index in [0.29, 0.717) is 17.9 Å². The van der Waals surface area contributed by atoms with Crippen molar-refractivity contribution in [1.29, 1.82) is 0 Å². The van der Waals surface area contributed by atoms with E-state index < -0.39 is 9.84 Å². The Morgan fingerprint density at radius 1 is 1.04 bits per heavy atom. The van der Waals surface area contributed by atoms with Crippen molar-refractivity contribution in [2.75, 3.05) is 18.8 Å². The molecule has 0 fully saturated rings. The van der Waals surface area contributed by atoms with Gasteiger partial charge in [0.25, 0.3) is 0 Å². The summed E-state index contributed by atoms with van der Waals surface area (Å²) in [4.78, 5) is 4.91. The Labute approximate surface area is 169 Å². The molecule has 2 N–H and O–H groups in total. The number of sulfone groups is 1. The van der Waals surface area contributed by atoms with E-state index in [0.717, 1.165) is 25.3 Å². The molecule has 2 aromatic rings. The Bertz CT molecular complexity index is 821. The van der Waals surface area contributed by atoms with Gasteiger partial charge in [0.15, 0.2) is 15.8 Å². The van der Waals surface area contributed by atoms with Crippen LogP contribution in [0.15, 0.2) is 70.6 Å². The Hall–Kier alpha value is -2.34. The van der Waals surface area contributed by atoms with Crippen LogP contribution in [0, 0.1) is 0 Å². The fourth-order valence-corrected chi connectivity index (χ4v) is 4.16. The Kier molecular flexibility index (Phi) is 9.01. The zero-order valence-corrected chi connectivity index (χ0v) is 17.6. The SMILES string of the molecule is CCNC(=NCCCS(=O)(=O)c1ccccc1)NC(C)CCc1ccccc1. The van der Waals surface area contributed by atoms with Crippen LogP contribution in [0.3, 0.4) is 0 Å². The standard InChI is InChI=1S/C22H31N3O2S/c1-3-23-22(25-19(2)15-16-20-11-6-4-7-12-20)24-17-10-18-28(26,27)21-13-8-5-9-14-21/h4-9,11-14,19H,3,10,15-18H2,1-2H3,(H2,23,24,25). The molecule has 0 radical (unpaired) electrons. The summed E-state index contributed by atoms with van der Waals surface area (Å²) < 4.78 is 24.6. The maximum Gasteiger partial charge on any atom is 0.191 e. The molecule has 28 heavy (non-hydrogen) atoms. The number of hydrogen-bond donors (Lipinski definition) is 2. The van der Waals surface area contributed by atoms with Crippen LogP contribution in [0.4, 0.5) is 0 Å². The lowest BCUT2D eigenvalue weighted by atomic mass is 10.1. The second kappa shape index (κ2) is 11.5. The minimum atomic E-state index is -3.24. The van der Waals surface area contributed by atoms with E-state index in [1.54, 1.807) is 24.3 Å². The van der Waals surface area contributed by atoms with Crippen molar-refractivity contribution >= 4 is 15.8 Å². The van der Waals surface area contributed by atoms with Gasteiger partial charge in [-0.1, -0.05) is 48.5 Å². The third kappa shape index (κ3) is 7.72. The van der Waals surface area contributed by atoms with Crippen molar-refractivity contribution in [3.05, 3.63) is 66.2 Å². The predicted molar refractivity (Wildman–Crippen MR) is 116 cm³/mol. The third-order valence-corrected chi connectivity index (χ3v) is 6.20. The van der Waals surface area contributed by atoms with Gasteiger partial charge in [-0.05, 0) is 50.8 Å². The summed E-state index contributed by atoms with van der Waals surface area (Å²) in [6.45, 7) is 5.38. The summed E-state index contributed by atoms with van der Waals surface area (Å²) in [6.07, 6.45) is 2.49. The molecule has 1 unspecified atom stereocenters. The fourth-order valence-electron chi connectivity index (χ4n) is 2.84. The van der Waals surface area contributed by atoms with Gasteiger partial charge in [-0.15, -0.1) is 0 Å². The van der Waals surface area contributed by atoms with Crippen LogP contribution >= 0.6 is 0 Å². The lowest BCUT2D eigenvalue weighted by Gasteiger charge is -2.18. The van der Waals surface area contributed by atoms with Crippen LogP contribution in [0.5, 0.6) is 0 Å². The largest absolute Gasteiger partial charge is 0.357 e. The van der Waals surface area contributed by atoms with E-state index >= 15 is 0 Å². The van der Waals surface area contributed by atoms with Gasteiger partial charge in [0, 0.05) is 19.1 Å². The molecule has 152 valence electrons. The van der Waals surface area contributed by atoms with Crippen LogP contribution in [0.25, 0.3) is 0 Å². The summed E-state index contributed by atoms with van der Waals surface area (Å²) in [5.41, 5.74) is 1.32. The van der Waals surface area contributed by atoms with Crippen molar-refractivity contribution in [1.82, 2.24) is 10.6 Å². The van der Waals surface area contributed by atoms with Crippen molar-refractivity contribution in [2.45, 2.75) is 44.0 Å². The lowest BCUT2D eigenvalue weighted by Crippen LogP contribution is -2.42. The molecule has 0 amide bonds. The molecule has 0 aromatic heterocycles. The zero-order valence-electron chi connectivity index (χ0n) is 16.8. The summed E-state index contributed by atoms with van der Waals surface area (Å²) in [6, 6.07) is 19.3. The average molecular weight is 402 g/mol. The number of hydrogen-bond acceptors (Lipinski definition) is 3. The highest BCUT2D eigenvalue weighted by Crippen LogP contribution is 2.11. The van der Waals surface area contributed by atoms with E-state index in [4.69, 9.17) is 0 Å². The van der Waals surface area contributed by atoms with E-state index in [1.807, 2.05) is 19.1 Å². The molecule has 0 aliphatic carbocycles. The Morgan fingerprint density at radius 3 is 2.32 bits per heavy atom. The molecule has 0 aliphatic heterocycles. The molecular weight excluding hydrogens is 370 g/mol. The fraction of sp³-hybridized carbons (Fsp3) is 0.409. The first-order chi connectivity index (χ1) is 13.5. The Morgan fingerprint density at radius 2 is 1.68 bits per heavy atom. The average Bonchev–Trinajstić information content (AvgIpc) is 2.71. The van der Waals surface area contributed by atoms with Crippen LogP contribution < -0.4 is 10.6 Å². The number of aliphatic imine (C=N–C) groups is 1. The molecule has 0 bridgehead atoms. The van der Waals surface area contributed by atoms with Gasteiger partial charge in [-0.25, -0.2) is 8.42 Å². The van der Waals surface area contributed by atoms with Crippen molar-refractivity contribution in [3.63, 3.8) is 0 Å². The molecule has 5 nitrogen and oxygen atoms in total. The molecule has 2 aromatic carbocycles. The normalized spacial score (nSPS) is 13.1. The van der Waals surface area contributed by atoms with E-state index in [9.17, 15) is 8.42 Å². The first-order valence-electron chi connectivity index (χ1n) is 9.88. The van der Waals surface area contributed by atoms with Crippen LogP contribution in [-0.4, -0.2) is 39.3 Å². The number of guanidine groups is 1. The van der Waals surface area contributed by atoms with Crippen LogP contribution in [0.2, 0.25) is 0 Å². The van der Waals surface area contributed by atoms with Gasteiger partial charge in [-0.3, -0.25) is 4.99 Å². The van der Waals surface area contributed by atoms with E-state index in [-0.39, 0.29) is 11.8 Å². The summed E-state index contributed by atoms with van der Waals surface area (Å²) in [7, 11) is -3.24. The van der Waals surface area contributed by atoms with Crippen molar-refractivity contribution in [3.8, 4) is 0 Å². The number of nitrogens with zero attached hydrogens (tertiary/aromatic N) is 1. The smallest absolute Gasteiger partial charge is 0.191 e. The molecule has 0 spiro atoms. The quantitative estimate of drug-likeness (QED) is 0.364. The van der Waals surface area contributed by atoms with Gasteiger partial charge < -0.3 is 10.6 Å². The minimum Gasteiger partial charge on any atom is -0.357 e. The van der Waals surface area contributed by atoms with Gasteiger partial charge >= 0.3 is 0 Å². The number of aryl methyl sites for hydroxylation is 1. The van der Waals surface area contributed by atoms with Crippen molar-refractivity contribution < 1.29 is 8.42 Å². The van der Waals surface area contributed by atoms with Gasteiger partial charge in [-0.2, -0.15) is 0 Å². The second-order valence-corrected chi connectivity index (χ2v) is 8.92. The topological polar surface area (TPSA) is 70.6 Å². The molecule has 0 heterocycles. The third-order valence-electron chi connectivity index (χ3n) is 4.38. The monoisotopic (exact) mass is 401 g/mol. The Balaban J connectivity index is 1.81. The maximum absolute atomic E-state index is 12.3. The summed E-state index contributed by atoms with van der Waals surface area (Å²) in [5, 5.41) is 6.64. The second-order valence-electron chi connectivity index (χ2n) is 6.82. The first-order valence-corrected chi connectivity index (χ1v) is 11.5. The highest BCUT2D eigenvalue weighted by molar-refractivity contribution is 7.91. The van der Waals surface area contributed by atoms with Gasteiger partial charge in [0.2, 0.25) is 0 Å². The number of benzene rings is 2. The predicted octanol–water partition coefficient (Wildman–Crippen LogP) is 3.43. The molecule has 2 rings (SSSR count). The van der Waals surface area contributed by atoms with E-state index in [2.05, 4.69) is 46.8 Å². The molecule has 0 saturated heterocycles. The van der Waals surface area contributed by atoms with Crippen LogP contribution in [-0.2, 0) is 16.3 Å². The molecule has 6 heteroatoms. The number of rotatable bonds is 10. The summed E-state index contributed by atoms with van der Waals surface area (Å²) >= 11 is 0. The molecule has 1 atom stereocenters. The van der Waals surface area contributed by atoms with Crippen LogP contribution in [0.1, 0.15) is 32.3 Å². The highest BCUT2D eigenvalue weighted by Gasteiger charge is 2.13. The van der Waals surface area contributed by atoms with Crippen molar-refractivity contribution in [2.24, 2.45) is 4.99 Å². The molecule has 0 aliphatic rings. The minimum absolute atomic E-state index is 0.101. The zero-order chi connectivity index (χ0) is 20.2. The maximum atomic E-state index is 12.3. The lowest BCUT2D eigenvalue weighted by molar-refractivity contribution is 0.589. The van der Waals surface area contributed by atoms with Gasteiger partial charge in [0.05, 0.1) is 10.6 Å². The highest BCUT2D eigenvalue weighted by atomic mass is 32.2. The molecule has 0 saturated carbocycles. The number of nitrogens with one attached hydrogen (secondary N) is 2. The van der Waals surface area contributed by atoms with Gasteiger partial charge in [0.1, 0.15) is 0 Å². The first kappa shape index (κ1) is 22.0. The molecular formula is C22H31N3O2S. The summed E-state index contributed by atoms with van der Waals surface area (Å²) in [5.74, 6) is 0.837. The van der Waals surface area contributed by atoms with E-state index in [1.165, 1.54) is 5.56 Å².